The highest BCUT2D eigenvalue weighted by Gasteiger charge is 2.19. The van der Waals surface area contributed by atoms with E-state index in [2.05, 4.69) is 60.4 Å². The first-order valence-electron chi connectivity index (χ1n) is 4.52. The van der Waals surface area contributed by atoms with E-state index in [9.17, 15) is 0 Å². The number of nitrogens with zero attached hydrogens (tertiary/aromatic N) is 2. The maximum Gasteiger partial charge on any atom is 0.102 e. The van der Waals surface area contributed by atoms with Crippen LogP contribution in [-0.2, 0) is 0 Å². The van der Waals surface area contributed by atoms with Crippen LogP contribution in [-0.4, -0.2) is 18.1 Å². The Labute approximate surface area is 79.1 Å². The molecule has 1 atom stereocenters. The first-order valence-corrected chi connectivity index (χ1v) is 4.52. The van der Waals surface area contributed by atoms with Gasteiger partial charge in [0.25, 0.3) is 0 Å². The number of hydrogen-bond acceptors (Lipinski definition) is 2. The van der Waals surface area contributed by atoms with E-state index in [0.29, 0.717) is 6.17 Å². The Morgan fingerprint density at radius 1 is 1.08 bits per heavy atom. The van der Waals surface area contributed by atoms with Crippen LogP contribution < -0.4 is 4.90 Å². The molecule has 68 valence electrons. The summed E-state index contributed by atoms with van der Waals surface area (Å²) >= 11 is 0. The summed E-state index contributed by atoms with van der Waals surface area (Å²) in [5, 5.41) is 0. The van der Waals surface area contributed by atoms with Gasteiger partial charge in [-0.15, -0.1) is 0 Å². The summed E-state index contributed by atoms with van der Waals surface area (Å²) < 4.78 is 0. The fourth-order valence-electron chi connectivity index (χ4n) is 1.52. The van der Waals surface area contributed by atoms with Gasteiger partial charge < -0.3 is 9.80 Å². The van der Waals surface area contributed by atoms with E-state index in [1.807, 2.05) is 6.07 Å². The van der Waals surface area contributed by atoms with Crippen molar-refractivity contribution >= 4 is 5.69 Å². The van der Waals surface area contributed by atoms with Crippen molar-refractivity contribution in [2.45, 2.75) is 13.1 Å². The third-order valence-electron chi connectivity index (χ3n) is 2.51. The normalized spacial score (nSPS) is 21.2. The van der Waals surface area contributed by atoms with Crippen LogP contribution in [0.4, 0.5) is 5.69 Å². The van der Waals surface area contributed by atoms with Gasteiger partial charge in [-0.25, -0.2) is 0 Å². The smallest absolute Gasteiger partial charge is 0.102 e. The molecule has 0 aliphatic carbocycles. The van der Waals surface area contributed by atoms with Crippen LogP contribution >= 0.6 is 0 Å². The standard InChI is InChI=1S/C11H14N2/c1-10-12(2)8-9-13(10)11-6-4-3-5-7-11/h3-10H,1-2H3. The third-order valence-corrected chi connectivity index (χ3v) is 2.51. The predicted molar refractivity (Wildman–Crippen MR) is 55.3 cm³/mol. The molecule has 0 aromatic heterocycles. The fourth-order valence-corrected chi connectivity index (χ4v) is 1.52. The molecule has 0 bridgehead atoms. The highest BCUT2D eigenvalue weighted by molar-refractivity contribution is 5.51. The maximum absolute atomic E-state index is 2.25. The molecule has 0 saturated carbocycles. The van der Waals surface area contributed by atoms with E-state index in [-0.39, 0.29) is 0 Å². The van der Waals surface area contributed by atoms with Crippen LogP contribution in [0.2, 0.25) is 0 Å². The van der Waals surface area contributed by atoms with Gasteiger partial charge in [-0.3, -0.25) is 0 Å². The van der Waals surface area contributed by atoms with Crippen molar-refractivity contribution in [3.63, 3.8) is 0 Å². The minimum absolute atomic E-state index is 0.419. The molecule has 1 aliphatic rings. The van der Waals surface area contributed by atoms with Gasteiger partial charge in [-0.05, 0) is 19.1 Å². The van der Waals surface area contributed by atoms with Gasteiger partial charge >= 0.3 is 0 Å². The van der Waals surface area contributed by atoms with Crippen molar-refractivity contribution < 1.29 is 0 Å². The Bertz CT molecular complexity index is 305. The molecule has 2 heteroatoms. The van der Waals surface area contributed by atoms with Gasteiger partial charge in [0, 0.05) is 25.1 Å². The summed E-state index contributed by atoms with van der Waals surface area (Å²) in [5.41, 5.74) is 1.25. The number of hydrogen-bond donors (Lipinski definition) is 0. The zero-order chi connectivity index (χ0) is 9.26. The van der Waals surface area contributed by atoms with E-state index in [4.69, 9.17) is 0 Å². The molecule has 0 amide bonds. The molecule has 1 aromatic carbocycles. The van der Waals surface area contributed by atoms with Crippen molar-refractivity contribution in [3.05, 3.63) is 42.7 Å². The molecular weight excluding hydrogens is 160 g/mol. The minimum Gasteiger partial charge on any atom is -0.359 e. The zero-order valence-corrected chi connectivity index (χ0v) is 8.01. The lowest BCUT2D eigenvalue weighted by Gasteiger charge is -2.26. The van der Waals surface area contributed by atoms with Crippen LogP contribution in [0, 0.1) is 0 Å². The summed E-state index contributed by atoms with van der Waals surface area (Å²) in [6, 6.07) is 10.4. The lowest BCUT2D eigenvalue weighted by atomic mass is 10.3. The van der Waals surface area contributed by atoms with Crippen LogP contribution in [0.5, 0.6) is 0 Å². The maximum atomic E-state index is 2.25. The second-order valence-electron chi connectivity index (χ2n) is 3.34. The first-order chi connectivity index (χ1) is 6.29. The molecule has 0 N–H and O–H groups in total. The molecule has 2 nitrogen and oxygen atoms in total. The highest BCUT2D eigenvalue weighted by atomic mass is 15.4. The second-order valence-corrected chi connectivity index (χ2v) is 3.34. The number of benzene rings is 1. The van der Waals surface area contributed by atoms with Crippen LogP contribution in [0.3, 0.4) is 0 Å². The summed E-state index contributed by atoms with van der Waals surface area (Å²) in [7, 11) is 2.09. The molecule has 0 radical (unpaired) electrons. The fraction of sp³-hybridized carbons (Fsp3) is 0.273. The average molecular weight is 174 g/mol. The van der Waals surface area contributed by atoms with E-state index in [1.54, 1.807) is 0 Å². The van der Waals surface area contributed by atoms with E-state index >= 15 is 0 Å². The Kier molecular flexibility index (Phi) is 1.97. The van der Waals surface area contributed by atoms with Crippen molar-refractivity contribution in [1.29, 1.82) is 0 Å². The third kappa shape index (κ3) is 1.39. The van der Waals surface area contributed by atoms with E-state index in [0.717, 1.165) is 0 Å². The second kappa shape index (κ2) is 3.13. The highest BCUT2D eigenvalue weighted by Crippen LogP contribution is 2.22. The molecule has 1 unspecified atom stereocenters. The van der Waals surface area contributed by atoms with Crippen LogP contribution in [0.1, 0.15) is 6.92 Å². The Hall–Kier alpha value is -1.44. The largest absolute Gasteiger partial charge is 0.359 e. The van der Waals surface area contributed by atoms with Gasteiger partial charge in [0.05, 0.1) is 0 Å². The number of para-hydroxylation sites is 1. The Morgan fingerprint density at radius 2 is 1.77 bits per heavy atom. The molecule has 0 fully saturated rings. The average Bonchev–Trinajstić information content (AvgIpc) is 2.49. The topological polar surface area (TPSA) is 6.48 Å². The molecule has 1 aromatic rings. The molecule has 2 rings (SSSR count). The first kappa shape index (κ1) is 8.17. The van der Waals surface area contributed by atoms with E-state index in [1.165, 1.54) is 5.69 Å². The lowest BCUT2D eigenvalue weighted by Crippen LogP contribution is -2.33. The molecule has 1 heterocycles. The van der Waals surface area contributed by atoms with Gasteiger partial charge in [0.2, 0.25) is 0 Å². The van der Waals surface area contributed by atoms with Crippen molar-refractivity contribution in [1.82, 2.24) is 4.90 Å². The van der Waals surface area contributed by atoms with Gasteiger partial charge in [0.15, 0.2) is 0 Å². The van der Waals surface area contributed by atoms with Crippen LogP contribution in [0.15, 0.2) is 42.7 Å². The van der Waals surface area contributed by atoms with Crippen molar-refractivity contribution in [3.8, 4) is 0 Å². The molecular formula is C11H14N2. The lowest BCUT2D eigenvalue weighted by molar-refractivity contribution is 0.383. The molecule has 1 aliphatic heterocycles. The Morgan fingerprint density at radius 3 is 2.31 bits per heavy atom. The van der Waals surface area contributed by atoms with E-state index < -0.39 is 0 Å². The molecule has 13 heavy (non-hydrogen) atoms. The molecule has 0 saturated heterocycles. The zero-order valence-electron chi connectivity index (χ0n) is 8.01. The Balaban J connectivity index is 2.24. The monoisotopic (exact) mass is 174 g/mol. The predicted octanol–water partition coefficient (Wildman–Crippen LogP) is 2.26. The van der Waals surface area contributed by atoms with Crippen LogP contribution in [0.25, 0.3) is 0 Å². The summed E-state index contributed by atoms with van der Waals surface area (Å²) in [4.78, 5) is 4.44. The SMILES string of the molecule is CC1N(C)C=CN1c1ccccc1. The number of anilines is 1. The summed E-state index contributed by atoms with van der Waals surface area (Å²) in [5.74, 6) is 0. The number of rotatable bonds is 1. The van der Waals surface area contributed by atoms with Gasteiger partial charge in [-0.2, -0.15) is 0 Å². The quantitative estimate of drug-likeness (QED) is 0.644. The van der Waals surface area contributed by atoms with Gasteiger partial charge in [-0.1, -0.05) is 18.2 Å². The molecule has 0 spiro atoms. The van der Waals surface area contributed by atoms with Gasteiger partial charge in [0.1, 0.15) is 6.17 Å². The van der Waals surface area contributed by atoms with Crippen molar-refractivity contribution in [2.24, 2.45) is 0 Å². The van der Waals surface area contributed by atoms with Crippen molar-refractivity contribution in [2.75, 3.05) is 11.9 Å². The summed E-state index contributed by atoms with van der Waals surface area (Å²) in [6.45, 7) is 2.19. The summed E-state index contributed by atoms with van der Waals surface area (Å²) in [6.07, 6.45) is 4.62. The minimum atomic E-state index is 0.419.